The van der Waals surface area contributed by atoms with E-state index in [0.717, 1.165) is 0 Å². The molecular formula is C25H29ClF3N3O4. The number of benzene rings is 2. The number of rotatable bonds is 6. The van der Waals surface area contributed by atoms with Crippen molar-refractivity contribution in [1.29, 1.82) is 0 Å². The Morgan fingerprint density at radius 2 is 1.86 bits per heavy atom. The third-order valence-electron chi connectivity index (χ3n) is 5.47. The highest BCUT2D eigenvalue weighted by Crippen LogP contribution is 2.31. The van der Waals surface area contributed by atoms with Crippen LogP contribution >= 0.6 is 11.6 Å². The van der Waals surface area contributed by atoms with Gasteiger partial charge in [0.1, 0.15) is 11.4 Å². The van der Waals surface area contributed by atoms with Gasteiger partial charge in [-0.3, -0.25) is 4.79 Å². The van der Waals surface area contributed by atoms with Crippen molar-refractivity contribution in [3.05, 3.63) is 58.6 Å². The van der Waals surface area contributed by atoms with Crippen LogP contribution < -0.4 is 10.1 Å². The molecule has 1 atom stereocenters. The summed E-state index contributed by atoms with van der Waals surface area (Å²) in [5.41, 5.74) is -0.331. The van der Waals surface area contributed by atoms with Crippen molar-refractivity contribution in [3.63, 3.8) is 0 Å². The Morgan fingerprint density at radius 1 is 1.17 bits per heavy atom. The van der Waals surface area contributed by atoms with E-state index in [-0.39, 0.29) is 32.8 Å². The van der Waals surface area contributed by atoms with Gasteiger partial charge < -0.3 is 19.7 Å². The minimum Gasteiger partial charge on any atom is -0.495 e. The molecule has 0 aromatic heterocycles. The van der Waals surface area contributed by atoms with E-state index in [1.165, 1.54) is 42.3 Å². The second kappa shape index (κ2) is 10.9. The normalized spacial score (nSPS) is 16.0. The van der Waals surface area contributed by atoms with Crippen LogP contribution in [0.25, 0.3) is 0 Å². The average Bonchev–Trinajstić information content (AvgIpc) is 3.24. The largest absolute Gasteiger partial charge is 0.495 e. The monoisotopic (exact) mass is 527 g/mol. The standard InChI is InChI=1S/C25H29ClF3N3O4/c1-24(2,3)36-23(34)31-12-11-17(15-31)30-20-8-6-5-7-18(20)22(33)32(25(27,28)29)14-16-9-10-21(35-4)19(26)13-16/h5-10,13,17,30H,11-12,14-15H2,1-4H3/t17-/m0/s1. The van der Waals surface area contributed by atoms with Gasteiger partial charge in [-0.1, -0.05) is 29.8 Å². The third kappa shape index (κ3) is 6.96. The molecule has 1 aliphatic rings. The Bertz CT molecular complexity index is 1100. The molecule has 2 aromatic carbocycles. The molecule has 1 aliphatic heterocycles. The maximum atomic E-state index is 14.0. The number of amides is 2. The van der Waals surface area contributed by atoms with Crippen molar-refractivity contribution >= 4 is 29.3 Å². The van der Waals surface area contributed by atoms with Crippen molar-refractivity contribution < 1.29 is 32.2 Å². The summed E-state index contributed by atoms with van der Waals surface area (Å²) in [6.07, 6.45) is -4.84. The quantitative estimate of drug-likeness (QED) is 0.471. The highest BCUT2D eigenvalue weighted by Gasteiger charge is 2.42. The van der Waals surface area contributed by atoms with E-state index in [1.807, 2.05) is 0 Å². The van der Waals surface area contributed by atoms with Gasteiger partial charge in [0, 0.05) is 24.8 Å². The van der Waals surface area contributed by atoms with E-state index >= 15 is 0 Å². The first-order valence-electron chi connectivity index (χ1n) is 11.3. The van der Waals surface area contributed by atoms with Gasteiger partial charge in [0.25, 0.3) is 5.91 Å². The molecule has 7 nitrogen and oxygen atoms in total. The molecule has 36 heavy (non-hydrogen) atoms. The third-order valence-corrected chi connectivity index (χ3v) is 5.76. The number of ether oxygens (including phenoxy) is 2. The fourth-order valence-electron chi connectivity index (χ4n) is 3.80. The molecule has 0 unspecified atom stereocenters. The van der Waals surface area contributed by atoms with E-state index in [9.17, 15) is 22.8 Å². The molecule has 196 valence electrons. The van der Waals surface area contributed by atoms with Gasteiger partial charge in [-0.25, -0.2) is 9.69 Å². The molecule has 0 saturated carbocycles. The molecule has 0 bridgehead atoms. The van der Waals surface area contributed by atoms with Crippen molar-refractivity contribution in [2.45, 2.75) is 51.7 Å². The molecule has 1 saturated heterocycles. The zero-order valence-corrected chi connectivity index (χ0v) is 21.2. The van der Waals surface area contributed by atoms with Crippen LogP contribution in [0.1, 0.15) is 43.1 Å². The van der Waals surface area contributed by atoms with Gasteiger partial charge in [0.05, 0.1) is 24.2 Å². The summed E-state index contributed by atoms with van der Waals surface area (Å²) in [5, 5.41) is 3.27. The lowest BCUT2D eigenvalue weighted by Gasteiger charge is -2.27. The summed E-state index contributed by atoms with van der Waals surface area (Å²) in [4.78, 5) is 26.9. The molecule has 1 N–H and O–H groups in total. The molecule has 2 aromatic rings. The fraction of sp³-hybridized carbons (Fsp3) is 0.440. The maximum absolute atomic E-state index is 14.0. The van der Waals surface area contributed by atoms with Crippen LogP contribution in [0.4, 0.5) is 23.7 Å². The Hall–Kier alpha value is -3.14. The Kier molecular flexibility index (Phi) is 8.28. The van der Waals surface area contributed by atoms with E-state index < -0.39 is 30.4 Å². The summed E-state index contributed by atoms with van der Waals surface area (Å²) in [6.45, 7) is 5.30. The summed E-state index contributed by atoms with van der Waals surface area (Å²) in [7, 11) is 1.40. The van der Waals surface area contributed by atoms with E-state index in [2.05, 4.69) is 5.32 Å². The number of likely N-dealkylation sites (tertiary alicyclic amines) is 1. The number of hydrogen-bond acceptors (Lipinski definition) is 5. The zero-order chi connectivity index (χ0) is 26.7. The number of carbonyl (C=O) groups is 2. The molecule has 11 heteroatoms. The van der Waals surface area contributed by atoms with Gasteiger partial charge in [-0.2, -0.15) is 0 Å². The highest BCUT2D eigenvalue weighted by molar-refractivity contribution is 6.32. The number of hydrogen-bond donors (Lipinski definition) is 1. The predicted molar refractivity (Wildman–Crippen MR) is 130 cm³/mol. The molecule has 3 rings (SSSR count). The van der Waals surface area contributed by atoms with Gasteiger partial charge in [0.15, 0.2) is 0 Å². The highest BCUT2D eigenvalue weighted by atomic mass is 35.5. The molecule has 0 radical (unpaired) electrons. The van der Waals surface area contributed by atoms with Crippen molar-refractivity contribution in [2.24, 2.45) is 0 Å². The van der Waals surface area contributed by atoms with Crippen LogP contribution in [0.5, 0.6) is 5.75 Å². The van der Waals surface area contributed by atoms with Gasteiger partial charge in [-0.15, -0.1) is 13.2 Å². The zero-order valence-electron chi connectivity index (χ0n) is 20.5. The summed E-state index contributed by atoms with van der Waals surface area (Å²) >= 11 is 6.06. The second-order valence-corrected chi connectivity index (χ2v) is 9.84. The Balaban J connectivity index is 1.78. The van der Waals surface area contributed by atoms with Crippen LogP contribution in [0.15, 0.2) is 42.5 Å². The van der Waals surface area contributed by atoms with Crippen molar-refractivity contribution in [3.8, 4) is 5.75 Å². The number of methoxy groups -OCH3 is 1. The SMILES string of the molecule is COc1ccc(CN(C(=O)c2ccccc2N[C@H]2CCN(C(=O)OC(C)(C)C)C2)C(F)(F)F)cc1Cl. The lowest BCUT2D eigenvalue weighted by Crippen LogP contribution is -2.42. The molecule has 0 spiro atoms. The van der Waals surface area contributed by atoms with Crippen LogP contribution in [0, 0.1) is 0 Å². The first kappa shape index (κ1) is 27.4. The summed E-state index contributed by atoms with van der Waals surface area (Å²) in [5.74, 6) is -0.892. The maximum Gasteiger partial charge on any atom is 0.487 e. The minimum absolute atomic E-state index is 0.134. The minimum atomic E-state index is -4.93. The number of para-hydroxylation sites is 1. The van der Waals surface area contributed by atoms with E-state index in [1.54, 1.807) is 32.9 Å². The lowest BCUT2D eigenvalue weighted by molar-refractivity contribution is -0.227. The number of halogens is 4. The number of anilines is 1. The van der Waals surface area contributed by atoms with Gasteiger partial charge in [0.2, 0.25) is 0 Å². The summed E-state index contributed by atoms with van der Waals surface area (Å²) in [6, 6.07) is 9.95. The van der Waals surface area contributed by atoms with E-state index in [0.29, 0.717) is 25.3 Å². The van der Waals surface area contributed by atoms with E-state index in [4.69, 9.17) is 21.1 Å². The Labute approximate surface area is 213 Å². The van der Waals surface area contributed by atoms with Crippen LogP contribution in [0.2, 0.25) is 5.02 Å². The van der Waals surface area contributed by atoms with Gasteiger partial charge >= 0.3 is 12.4 Å². The smallest absolute Gasteiger partial charge is 0.487 e. The Morgan fingerprint density at radius 3 is 2.47 bits per heavy atom. The van der Waals surface area contributed by atoms with Gasteiger partial charge in [-0.05, 0) is 57.0 Å². The lowest BCUT2D eigenvalue weighted by atomic mass is 10.1. The molecule has 0 aliphatic carbocycles. The molecule has 2 amide bonds. The van der Waals surface area contributed by atoms with Crippen LogP contribution in [-0.4, -0.2) is 59.9 Å². The first-order chi connectivity index (χ1) is 16.8. The van der Waals surface area contributed by atoms with Crippen molar-refractivity contribution in [2.75, 3.05) is 25.5 Å². The van der Waals surface area contributed by atoms with Crippen LogP contribution in [-0.2, 0) is 11.3 Å². The molecular weight excluding hydrogens is 499 g/mol. The number of nitrogens with zero attached hydrogens (tertiary/aromatic N) is 2. The number of nitrogens with one attached hydrogen (secondary N) is 1. The molecule has 1 heterocycles. The first-order valence-corrected chi connectivity index (χ1v) is 11.7. The summed E-state index contributed by atoms with van der Waals surface area (Å²) < 4.78 is 52.3. The predicted octanol–water partition coefficient (Wildman–Crippen LogP) is 5.93. The van der Waals surface area contributed by atoms with Crippen molar-refractivity contribution in [1.82, 2.24) is 9.80 Å². The fourth-order valence-corrected chi connectivity index (χ4v) is 4.08. The average molecular weight is 528 g/mol. The second-order valence-electron chi connectivity index (χ2n) is 9.43. The molecule has 1 fully saturated rings. The topological polar surface area (TPSA) is 71.1 Å². The number of carbonyl (C=O) groups excluding carboxylic acids is 2. The van der Waals surface area contributed by atoms with Crippen LogP contribution in [0.3, 0.4) is 0 Å². The number of alkyl halides is 3.